The maximum absolute atomic E-state index is 10.7. The van der Waals surface area contributed by atoms with Gasteiger partial charge in [0, 0.05) is 5.41 Å². The molecular formula is C10H20O. The van der Waals surface area contributed by atoms with Crippen LogP contribution >= 0.6 is 0 Å². The van der Waals surface area contributed by atoms with Crippen LogP contribution in [0, 0.1) is 10.8 Å². The second kappa shape index (κ2) is 3.38. The minimum atomic E-state index is -0.191. The lowest BCUT2D eigenvalue weighted by Gasteiger charge is -2.37. The highest BCUT2D eigenvalue weighted by molar-refractivity contribution is 5.59. The standard InChI is InChI=1S/C10H20O/c1-6-7-9(2,3)10(4,5)8-11/h8H,6-7H2,1-5H3. The van der Waals surface area contributed by atoms with Crippen molar-refractivity contribution in [1.82, 2.24) is 0 Å². The zero-order valence-electron chi connectivity index (χ0n) is 8.40. The third-order valence-electron chi connectivity index (χ3n) is 2.91. The molecule has 0 radical (unpaired) electrons. The molecule has 0 unspecified atom stereocenters. The second-order valence-electron chi connectivity index (χ2n) is 4.47. The van der Waals surface area contributed by atoms with Crippen molar-refractivity contribution >= 4 is 6.29 Å². The molecule has 0 aromatic carbocycles. The molecule has 0 aliphatic carbocycles. The largest absolute Gasteiger partial charge is 0.303 e. The first-order valence-electron chi connectivity index (χ1n) is 4.34. The fourth-order valence-electron chi connectivity index (χ4n) is 1.11. The van der Waals surface area contributed by atoms with Gasteiger partial charge in [-0.2, -0.15) is 0 Å². The smallest absolute Gasteiger partial charge is 0.126 e. The third-order valence-corrected chi connectivity index (χ3v) is 2.91. The van der Waals surface area contributed by atoms with Crippen molar-refractivity contribution in [3.8, 4) is 0 Å². The highest BCUT2D eigenvalue weighted by atomic mass is 16.1. The van der Waals surface area contributed by atoms with Crippen LogP contribution in [-0.2, 0) is 4.79 Å². The lowest BCUT2D eigenvalue weighted by Crippen LogP contribution is -2.33. The highest BCUT2D eigenvalue weighted by Gasteiger charge is 2.35. The van der Waals surface area contributed by atoms with E-state index in [4.69, 9.17) is 0 Å². The lowest BCUT2D eigenvalue weighted by atomic mass is 9.66. The minimum Gasteiger partial charge on any atom is -0.303 e. The zero-order valence-corrected chi connectivity index (χ0v) is 8.40. The molecule has 0 amide bonds. The van der Waals surface area contributed by atoms with Crippen molar-refractivity contribution in [3.05, 3.63) is 0 Å². The molecule has 1 nitrogen and oxygen atoms in total. The van der Waals surface area contributed by atoms with Crippen molar-refractivity contribution < 1.29 is 4.79 Å². The van der Waals surface area contributed by atoms with Gasteiger partial charge < -0.3 is 4.79 Å². The summed E-state index contributed by atoms with van der Waals surface area (Å²) in [6.07, 6.45) is 3.33. The molecule has 0 N–H and O–H groups in total. The molecule has 0 fully saturated rings. The quantitative estimate of drug-likeness (QED) is 0.572. The Balaban J connectivity index is 4.38. The van der Waals surface area contributed by atoms with Gasteiger partial charge in [-0.15, -0.1) is 0 Å². The third kappa shape index (κ3) is 2.32. The normalized spacial score (nSPS) is 13.2. The van der Waals surface area contributed by atoms with Gasteiger partial charge in [0.2, 0.25) is 0 Å². The van der Waals surface area contributed by atoms with Crippen LogP contribution in [0.25, 0.3) is 0 Å². The molecule has 0 bridgehead atoms. The fraction of sp³-hybridized carbons (Fsp3) is 0.900. The first kappa shape index (κ1) is 10.7. The van der Waals surface area contributed by atoms with E-state index in [0.717, 1.165) is 19.1 Å². The summed E-state index contributed by atoms with van der Waals surface area (Å²) in [6.45, 7) is 10.5. The molecular weight excluding hydrogens is 136 g/mol. The predicted molar refractivity (Wildman–Crippen MR) is 48.5 cm³/mol. The molecule has 0 aliphatic heterocycles. The van der Waals surface area contributed by atoms with Crippen molar-refractivity contribution in [2.45, 2.75) is 47.5 Å². The molecule has 0 saturated carbocycles. The summed E-state index contributed by atoms with van der Waals surface area (Å²) in [4.78, 5) is 10.7. The SMILES string of the molecule is CCCC(C)(C)C(C)(C)C=O. The molecule has 0 heterocycles. The Morgan fingerprint density at radius 1 is 1.18 bits per heavy atom. The number of carbonyl (C=O) groups is 1. The van der Waals surface area contributed by atoms with E-state index in [-0.39, 0.29) is 10.8 Å². The van der Waals surface area contributed by atoms with Crippen LogP contribution < -0.4 is 0 Å². The van der Waals surface area contributed by atoms with Gasteiger partial charge in [0.25, 0.3) is 0 Å². The number of hydrogen-bond acceptors (Lipinski definition) is 1. The average molecular weight is 156 g/mol. The minimum absolute atomic E-state index is 0.128. The summed E-state index contributed by atoms with van der Waals surface area (Å²) >= 11 is 0. The summed E-state index contributed by atoms with van der Waals surface area (Å²) in [5.41, 5.74) is -0.0630. The van der Waals surface area contributed by atoms with Gasteiger partial charge in [0.15, 0.2) is 0 Å². The molecule has 0 spiro atoms. The van der Waals surface area contributed by atoms with E-state index in [9.17, 15) is 4.79 Å². The van der Waals surface area contributed by atoms with Crippen LogP contribution in [0.3, 0.4) is 0 Å². The summed E-state index contributed by atoms with van der Waals surface area (Å²) in [5, 5.41) is 0. The molecule has 0 aliphatic rings. The van der Waals surface area contributed by atoms with Crippen molar-refractivity contribution in [2.24, 2.45) is 10.8 Å². The van der Waals surface area contributed by atoms with Gasteiger partial charge in [-0.05, 0) is 11.8 Å². The monoisotopic (exact) mass is 156 g/mol. The van der Waals surface area contributed by atoms with Crippen molar-refractivity contribution in [2.75, 3.05) is 0 Å². The van der Waals surface area contributed by atoms with Crippen molar-refractivity contribution in [1.29, 1.82) is 0 Å². The maximum atomic E-state index is 10.7. The van der Waals surface area contributed by atoms with E-state index in [2.05, 4.69) is 20.8 Å². The summed E-state index contributed by atoms with van der Waals surface area (Å²) in [7, 11) is 0. The molecule has 0 rings (SSSR count). The van der Waals surface area contributed by atoms with Gasteiger partial charge in [0.1, 0.15) is 6.29 Å². The summed E-state index contributed by atoms with van der Waals surface area (Å²) < 4.78 is 0. The van der Waals surface area contributed by atoms with E-state index in [1.54, 1.807) is 0 Å². The van der Waals surface area contributed by atoms with Gasteiger partial charge in [-0.25, -0.2) is 0 Å². The average Bonchev–Trinajstić information content (AvgIpc) is 1.87. The van der Waals surface area contributed by atoms with E-state index >= 15 is 0 Å². The van der Waals surface area contributed by atoms with Gasteiger partial charge in [0.05, 0.1) is 0 Å². The molecule has 11 heavy (non-hydrogen) atoms. The molecule has 0 atom stereocenters. The van der Waals surface area contributed by atoms with Crippen LogP contribution in [0.4, 0.5) is 0 Å². The summed E-state index contributed by atoms with van der Waals surface area (Å²) in [6, 6.07) is 0. The lowest BCUT2D eigenvalue weighted by molar-refractivity contribution is -0.120. The van der Waals surface area contributed by atoms with E-state index in [0.29, 0.717) is 0 Å². The van der Waals surface area contributed by atoms with Gasteiger partial charge in [-0.1, -0.05) is 41.0 Å². The number of rotatable bonds is 4. The first-order chi connectivity index (χ1) is 4.87. The first-order valence-corrected chi connectivity index (χ1v) is 4.34. The van der Waals surface area contributed by atoms with Gasteiger partial charge in [-0.3, -0.25) is 0 Å². The fourth-order valence-corrected chi connectivity index (χ4v) is 1.11. The van der Waals surface area contributed by atoms with Crippen LogP contribution in [0.2, 0.25) is 0 Å². The van der Waals surface area contributed by atoms with Crippen LogP contribution in [0.15, 0.2) is 0 Å². The highest BCUT2D eigenvalue weighted by Crippen LogP contribution is 2.40. The Kier molecular flexibility index (Phi) is 3.28. The molecule has 1 heteroatoms. The van der Waals surface area contributed by atoms with Crippen molar-refractivity contribution in [3.63, 3.8) is 0 Å². The topological polar surface area (TPSA) is 17.1 Å². The maximum Gasteiger partial charge on any atom is 0.126 e. The molecule has 66 valence electrons. The molecule has 0 saturated heterocycles. The zero-order chi connectivity index (χ0) is 9.12. The Morgan fingerprint density at radius 3 is 1.91 bits per heavy atom. The van der Waals surface area contributed by atoms with E-state index in [1.807, 2.05) is 13.8 Å². The number of aldehydes is 1. The second-order valence-corrected chi connectivity index (χ2v) is 4.47. The van der Waals surface area contributed by atoms with E-state index in [1.165, 1.54) is 0 Å². The number of carbonyl (C=O) groups excluding carboxylic acids is 1. The predicted octanol–water partition coefficient (Wildman–Crippen LogP) is 3.04. The Morgan fingerprint density at radius 2 is 1.64 bits per heavy atom. The Hall–Kier alpha value is -0.330. The Labute approximate surface area is 70.2 Å². The van der Waals surface area contributed by atoms with Crippen LogP contribution in [0.1, 0.15) is 47.5 Å². The van der Waals surface area contributed by atoms with E-state index < -0.39 is 0 Å². The number of hydrogen-bond donors (Lipinski definition) is 0. The summed E-state index contributed by atoms with van der Waals surface area (Å²) in [5.74, 6) is 0. The molecule has 0 aromatic heterocycles. The van der Waals surface area contributed by atoms with Crippen LogP contribution in [-0.4, -0.2) is 6.29 Å². The molecule has 0 aromatic rings. The Bertz CT molecular complexity index is 134. The van der Waals surface area contributed by atoms with Crippen LogP contribution in [0.5, 0.6) is 0 Å². The van der Waals surface area contributed by atoms with Gasteiger partial charge >= 0.3 is 0 Å².